The standard InChI is InChI=1S/C33H36N3O7P/c37-31(35-28(32(38)39)19-24-20-34-27-16-8-7-14-25(24)27)26-15-9-17-29(26)44(41,42)30(18-22-10-3-1-4-11-22)36-33(40)43-21-23-12-5-2-6-13-23/h1-8,10-14,16,20,26,28-30,34H,9,15,17-19,21H2,(H,35,37)(H,36,40)(H,38,39)(H,41,42)/p-2/t26-,28+,29?,30?/m1/s1. The van der Waals surface area contributed by atoms with Crippen molar-refractivity contribution in [2.24, 2.45) is 5.92 Å². The van der Waals surface area contributed by atoms with E-state index in [1.807, 2.05) is 30.3 Å². The van der Waals surface area contributed by atoms with E-state index in [9.17, 15) is 28.9 Å². The highest BCUT2D eigenvalue weighted by molar-refractivity contribution is 7.58. The first-order chi connectivity index (χ1) is 21.2. The molecule has 3 unspecified atom stereocenters. The second kappa shape index (κ2) is 13.9. The lowest BCUT2D eigenvalue weighted by atomic mass is 10.0. The SMILES string of the molecule is O=C(NC(Cc1ccccc1)P(=O)([O-])C1CCC[C@H]1C(=O)N[C@@H](Cc1c[nH]c2ccccc12)C(=O)[O-])OCc1ccccc1. The van der Waals surface area contributed by atoms with E-state index < -0.39 is 48.7 Å². The van der Waals surface area contributed by atoms with E-state index in [1.54, 1.807) is 60.8 Å². The zero-order valence-electron chi connectivity index (χ0n) is 24.0. The number of nitrogens with one attached hydrogen (secondary N) is 3. The molecule has 1 aromatic heterocycles. The summed E-state index contributed by atoms with van der Waals surface area (Å²) in [7, 11) is -4.52. The van der Waals surface area contributed by atoms with Gasteiger partial charge < -0.3 is 39.7 Å². The molecule has 3 aromatic carbocycles. The van der Waals surface area contributed by atoms with Crippen LogP contribution in [0.15, 0.2) is 91.1 Å². The molecule has 0 aliphatic heterocycles. The van der Waals surface area contributed by atoms with Gasteiger partial charge in [0.1, 0.15) is 6.61 Å². The number of alkyl carbamates (subject to hydrolysis) is 1. The summed E-state index contributed by atoms with van der Waals surface area (Å²) in [6.07, 6.45) is 1.69. The number of carbonyl (C=O) groups excluding carboxylic acids is 3. The van der Waals surface area contributed by atoms with Crippen LogP contribution in [-0.2, 0) is 38.3 Å². The van der Waals surface area contributed by atoms with E-state index in [2.05, 4.69) is 15.6 Å². The minimum absolute atomic E-state index is 0.0187. The summed E-state index contributed by atoms with van der Waals surface area (Å²) in [4.78, 5) is 55.6. The molecule has 3 N–H and O–H groups in total. The second-order valence-corrected chi connectivity index (χ2v) is 13.7. The van der Waals surface area contributed by atoms with E-state index in [1.165, 1.54) is 0 Å². The van der Waals surface area contributed by atoms with Gasteiger partial charge in [0.05, 0.1) is 17.8 Å². The summed E-state index contributed by atoms with van der Waals surface area (Å²) in [5.74, 6) is -4.45. The van der Waals surface area contributed by atoms with E-state index in [4.69, 9.17) is 4.74 Å². The molecule has 0 bridgehead atoms. The topological polar surface area (TPSA) is 163 Å². The maximum Gasteiger partial charge on any atom is 0.408 e. The predicted octanol–water partition coefficient (Wildman–Crippen LogP) is 3.25. The molecule has 1 fully saturated rings. The molecule has 4 aromatic rings. The number of hydrogen-bond donors (Lipinski definition) is 3. The Bertz CT molecular complexity index is 1640. The number of ether oxygens (including phenoxy) is 1. The lowest BCUT2D eigenvalue weighted by Crippen LogP contribution is -2.52. The number of H-pyrrole nitrogens is 1. The molecule has 0 radical (unpaired) electrons. The third-order valence-electron chi connectivity index (χ3n) is 8.18. The largest absolute Gasteiger partial charge is 0.798 e. The normalized spacial score (nSPS) is 19.0. The van der Waals surface area contributed by atoms with Gasteiger partial charge in [-0.25, -0.2) is 4.79 Å². The highest BCUT2D eigenvalue weighted by atomic mass is 31.2. The summed E-state index contributed by atoms with van der Waals surface area (Å²) in [5, 5.41) is 18.0. The van der Waals surface area contributed by atoms with Crippen molar-refractivity contribution in [3.8, 4) is 0 Å². The van der Waals surface area contributed by atoms with Gasteiger partial charge >= 0.3 is 6.09 Å². The fourth-order valence-corrected chi connectivity index (χ4v) is 8.45. The van der Waals surface area contributed by atoms with Crippen molar-refractivity contribution in [2.45, 2.75) is 56.2 Å². The van der Waals surface area contributed by atoms with Crippen LogP contribution < -0.4 is 20.6 Å². The Kier molecular flexibility index (Phi) is 9.82. The molecule has 0 saturated heterocycles. The van der Waals surface area contributed by atoms with Gasteiger partial charge in [-0.2, -0.15) is 0 Å². The summed E-state index contributed by atoms with van der Waals surface area (Å²) >= 11 is 0. The molecule has 5 atom stereocenters. The van der Waals surface area contributed by atoms with Crippen molar-refractivity contribution in [3.63, 3.8) is 0 Å². The third-order valence-corrected chi connectivity index (χ3v) is 10.9. The highest BCUT2D eigenvalue weighted by Crippen LogP contribution is 2.55. The van der Waals surface area contributed by atoms with Crippen molar-refractivity contribution in [2.75, 3.05) is 0 Å². The molecule has 10 nitrogen and oxygen atoms in total. The maximum atomic E-state index is 14.1. The Labute approximate surface area is 255 Å². The number of carbonyl (C=O) groups is 3. The van der Waals surface area contributed by atoms with Gasteiger partial charge in [0, 0.05) is 42.5 Å². The zero-order chi connectivity index (χ0) is 31.1. The summed E-state index contributed by atoms with van der Waals surface area (Å²) in [6, 6.07) is 23.9. The molecular weight excluding hydrogens is 581 g/mol. The summed E-state index contributed by atoms with van der Waals surface area (Å²) < 4.78 is 19.5. The molecule has 1 aliphatic rings. The molecule has 230 valence electrons. The van der Waals surface area contributed by atoms with Gasteiger partial charge in [-0.05, 0) is 42.0 Å². The van der Waals surface area contributed by atoms with Crippen LogP contribution in [0, 0.1) is 5.92 Å². The molecule has 44 heavy (non-hydrogen) atoms. The number of benzene rings is 3. The van der Waals surface area contributed by atoms with Crippen LogP contribution in [0.3, 0.4) is 0 Å². The molecule has 0 spiro atoms. The number of fused-ring (bicyclic) bond motifs is 1. The molecule has 1 heterocycles. The van der Waals surface area contributed by atoms with Crippen molar-refractivity contribution in [1.82, 2.24) is 15.6 Å². The Morgan fingerprint density at radius 3 is 2.25 bits per heavy atom. The molecule has 2 amide bonds. The van der Waals surface area contributed by atoms with Gasteiger partial charge in [0.15, 0.2) is 0 Å². The number of aromatic amines is 1. The fraction of sp³-hybridized carbons (Fsp3) is 0.303. The third kappa shape index (κ3) is 7.38. The van der Waals surface area contributed by atoms with Crippen LogP contribution in [0.1, 0.15) is 36.0 Å². The summed E-state index contributed by atoms with van der Waals surface area (Å²) in [6.45, 7) is -0.0383. The number of hydrogen-bond acceptors (Lipinski definition) is 7. The van der Waals surface area contributed by atoms with E-state index >= 15 is 0 Å². The smallest absolute Gasteiger partial charge is 0.408 e. The second-order valence-electron chi connectivity index (χ2n) is 11.1. The van der Waals surface area contributed by atoms with Gasteiger partial charge in [0.2, 0.25) is 5.91 Å². The van der Waals surface area contributed by atoms with Crippen LogP contribution in [-0.4, -0.2) is 40.4 Å². The Morgan fingerprint density at radius 1 is 0.886 bits per heavy atom. The molecule has 5 rings (SSSR count). The van der Waals surface area contributed by atoms with E-state index in [-0.39, 0.29) is 32.3 Å². The van der Waals surface area contributed by atoms with Crippen molar-refractivity contribution in [1.29, 1.82) is 0 Å². The first-order valence-electron chi connectivity index (χ1n) is 14.6. The first-order valence-corrected chi connectivity index (χ1v) is 16.4. The number of aliphatic carboxylic acids is 1. The van der Waals surface area contributed by atoms with Crippen LogP contribution in [0.4, 0.5) is 4.79 Å². The van der Waals surface area contributed by atoms with Gasteiger partial charge in [-0.15, -0.1) is 0 Å². The molecule has 11 heteroatoms. The number of amides is 2. The summed E-state index contributed by atoms with van der Waals surface area (Å²) in [5.41, 5.74) is 1.85. The van der Waals surface area contributed by atoms with Crippen molar-refractivity contribution >= 4 is 36.2 Å². The van der Waals surface area contributed by atoms with Crippen molar-refractivity contribution in [3.05, 3.63) is 108 Å². The van der Waals surface area contributed by atoms with Crippen LogP contribution >= 0.6 is 7.37 Å². The van der Waals surface area contributed by atoms with Gasteiger partial charge in [-0.3, -0.25) is 4.79 Å². The van der Waals surface area contributed by atoms with Crippen molar-refractivity contribution < 1.29 is 33.7 Å². The first kappa shape index (κ1) is 31.0. The average molecular weight is 616 g/mol. The lowest BCUT2D eigenvalue weighted by molar-refractivity contribution is -0.308. The number of carboxylic acids is 1. The number of aromatic nitrogens is 1. The fourth-order valence-electron chi connectivity index (χ4n) is 5.91. The quantitative estimate of drug-likeness (QED) is 0.206. The minimum Gasteiger partial charge on any atom is -0.798 e. The van der Waals surface area contributed by atoms with Crippen LogP contribution in [0.25, 0.3) is 10.9 Å². The van der Waals surface area contributed by atoms with E-state index in [0.29, 0.717) is 17.5 Å². The Hall–Kier alpha value is -4.40. The lowest BCUT2D eigenvalue weighted by Gasteiger charge is -2.40. The number of rotatable bonds is 12. The molecular formula is C33H34N3O7P-2. The maximum absolute atomic E-state index is 14.1. The zero-order valence-corrected chi connectivity index (χ0v) is 24.9. The monoisotopic (exact) mass is 615 g/mol. The Morgan fingerprint density at radius 2 is 1.55 bits per heavy atom. The highest BCUT2D eigenvalue weighted by Gasteiger charge is 2.43. The Balaban J connectivity index is 1.31. The predicted molar refractivity (Wildman–Crippen MR) is 161 cm³/mol. The van der Waals surface area contributed by atoms with Crippen LogP contribution in [0.2, 0.25) is 0 Å². The van der Waals surface area contributed by atoms with Crippen LogP contribution in [0.5, 0.6) is 0 Å². The molecule has 1 aliphatic carbocycles. The minimum atomic E-state index is -4.52. The average Bonchev–Trinajstić information content (AvgIpc) is 3.69. The number of carboxylic acid groups (broad SMARTS) is 1. The van der Waals surface area contributed by atoms with Gasteiger partial charge in [0.25, 0.3) is 0 Å². The van der Waals surface area contributed by atoms with E-state index in [0.717, 1.165) is 16.5 Å². The molecule has 1 saturated carbocycles. The van der Waals surface area contributed by atoms with Gasteiger partial charge in [-0.1, -0.05) is 85.3 Å². The number of para-hydroxylation sites is 1.